The maximum atomic E-state index is 13.8. The number of aliphatic hydroxyl groups excluding tert-OH is 1. The Balaban J connectivity index is 2.22. The Morgan fingerprint density at radius 1 is 1.50 bits per heavy atom. The highest BCUT2D eigenvalue weighted by Crippen LogP contribution is 2.30. The molecule has 0 bridgehead atoms. The highest BCUT2D eigenvalue weighted by atomic mass is 19.1. The van der Waals surface area contributed by atoms with Crippen LogP contribution in [0, 0.1) is 23.6 Å². The zero-order chi connectivity index (χ0) is 14.5. The Morgan fingerprint density at radius 2 is 2.25 bits per heavy atom. The van der Waals surface area contributed by atoms with Crippen LogP contribution in [0.4, 0.5) is 4.39 Å². The molecule has 0 aromatic heterocycles. The largest absolute Gasteiger partial charge is 0.384 e. The van der Waals surface area contributed by atoms with Crippen LogP contribution >= 0.6 is 0 Å². The van der Waals surface area contributed by atoms with Crippen molar-refractivity contribution in [2.24, 2.45) is 5.92 Å². The van der Waals surface area contributed by atoms with E-state index < -0.39 is 5.82 Å². The summed E-state index contributed by atoms with van der Waals surface area (Å²) in [6.07, 6.45) is 2.29. The van der Waals surface area contributed by atoms with Crippen LogP contribution in [0.25, 0.3) is 0 Å². The second-order valence-corrected chi connectivity index (χ2v) is 4.94. The quantitative estimate of drug-likeness (QED) is 0.854. The van der Waals surface area contributed by atoms with E-state index in [1.54, 1.807) is 4.90 Å². The summed E-state index contributed by atoms with van der Waals surface area (Å²) in [4.78, 5) is 14.1. The summed E-state index contributed by atoms with van der Waals surface area (Å²) in [6.45, 7) is 2.90. The SMILES string of the molecule is CCN(CC1CC1)C(=O)c1cc(C#CCO)ccc1F. The molecule has 0 unspecified atom stereocenters. The van der Waals surface area contributed by atoms with Gasteiger partial charge < -0.3 is 10.0 Å². The minimum absolute atomic E-state index is 0.0530. The number of rotatable bonds is 4. The molecule has 0 spiro atoms. The number of halogens is 1. The normalized spacial score (nSPS) is 13.6. The van der Waals surface area contributed by atoms with Crippen LogP contribution in [0.2, 0.25) is 0 Å². The number of carbonyl (C=O) groups is 1. The van der Waals surface area contributed by atoms with E-state index in [1.807, 2.05) is 6.92 Å². The minimum Gasteiger partial charge on any atom is -0.384 e. The fourth-order valence-corrected chi connectivity index (χ4v) is 2.05. The minimum atomic E-state index is -0.529. The van der Waals surface area contributed by atoms with Gasteiger partial charge in [-0.3, -0.25) is 4.79 Å². The Morgan fingerprint density at radius 3 is 2.85 bits per heavy atom. The van der Waals surface area contributed by atoms with Crippen molar-refractivity contribution in [2.45, 2.75) is 19.8 Å². The van der Waals surface area contributed by atoms with Gasteiger partial charge in [-0.15, -0.1) is 0 Å². The molecule has 106 valence electrons. The molecule has 1 aliphatic rings. The van der Waals surface area contributed by atoms with E-state index in [0.29, 0.717) is 24.6 Å². The van der Waals surface area contributed by atoms with Gasteiger partial charge in [-0.25, -0.2) is 4.39 Å². The van der Waals surface area contributed by atoms with E-state index in [2.05, 4.69) is 11.8 Å². The lowest BCUT2D eigenvalue weighted by atomic mass is 10.1. The average Bonchev–Trinajstić information content (AvgIpc) is 3.27. The summed E-state index contributed by atoms with van der Waals surface area (Å²) in [5.74, 6) is 4.94. The third-order valence-corrected chi connectivity index (χ3v) is 3.35. The highest BCUT2D eigenvalue weighted by molar-refractivity contribution is 5.94. The van der Waals surface area contributed by atoms with Crippen LogP contribution in [0.15, 0.2) is 18.2 Å². The fourth-order valence-electron chi connectivity index (χ4n) is 2.05. The lowest BCUT2D eigenvalue weighted by molar-refractivity contribution is 0.0752. The summed E-state index contributed by atoms with van der Waals surface area (Å²) in [5, 5.41) is 8.67. The molecule has 0 radical (unpaired) electrons. The smallest absolute Gasteiger partial charge is 0.256 e. The van der Waals surface area contributed by atoms with Gasteiger partial charge in [0, 0.05) is 18.7 Å². The molecule has 1 fully saturated rings. The van der Waals surface area contributed by atoms with Crippen molar-refractivity contribution in [1.29, 1.82) is 0 Å². The molecule has 1 aromatic rings. The van der Waals surface area contributed by atoms with E-state index in [-0.39, 0.29) is 18.1 Å². The number of carbonyl (C=O) groups excluding carboxylic acids is 1. The van der Waals surface area contributed by atoms with E-state index in [0.717, 1.165) is 12.8 Å². The number of benzene rings is 1. The van der Waals surface area contributed by atoms with Gasteiger partial charge in [-0.05, 0) is 43.9 Å². The summed E-state index contributed by atoms with van der Waals surface area (Å²) in [7, 11) is 0. The van der Waals surface area contributed by atoms with Gasteiger partial charge in [0.05, 0.1) is 5.56 Å². The molecule has 0 heterocycles. The Hall–Kier alpha value is -1.86. The van der Waals surface area contributed by atoms with Crippen molar-refractivity contribution in [3.63, 3.8) is 0 Å². The average molecular weight is 275 g/mol. The summed E-state index contributed by atoms with van der Waals surface area (Å²) < 4.78 is 13.8. The van der Waals surface area contributed by atoms with E-state index in [9.17, 15) is 9.18 Å². The van der Waals surface area contributed by atoms with Gasteiger partial charge in [-0.2, -0.15) is 0 Å². The van der Waals surface area contributed by atoms with Crippen LogP contribution < -0.4 is 0 Å². The number of amides is 1. The molecule has 1 N–H and O–H groups in total. The number of aliphatic hydroxyl groups is 1. The van der Waals surface area contributed by atoms with E-state index >= 15 is 0 Å². The molecule has 0 saturated heterocycles. The molecule has 3 nitrogen and oxygen atoms in total. The van der Waals surface area contributed by atoms with Crippen molar-refractivity contribution in [2.75, 3.05) is 19.7 Å². The molecular weight excluding hydrogens is 257 g/mol. The van der Waals surface area contributed by atoms with Crippen molar-refractivity contribution in [3.05, 3.63) is 35.1 Å². The zero-order valence-electron chi connectivity index (χ0n) is 11.5. The van der Waals surface area contributed by atoms with Crippen LogP contribution in [0.1, 0.15) is 35.7 Å². The molecular formula is C16H18FNO2. The lowest BCUT2D eigenvalue weighted by Gasteiger charge is -2.21. The lowest BCUT2D eigenvalue weighted by Crippen LogP contribution is -2.33. The predicted octanol–water partition coefficient (Wildman–Crippen LogP) is 2.04. The Bertz CT molecular complexity index is 555. The number of hydrogen-bond donors (Lipinski definition) is 1. The summed E-state index contributed by atoms with van der Waals surface area (Å²) in [5.41, 5.74) is 0.587. The van der Waals surface area contributed by atoms with Gasteiger partial charge in [0.1, 0.15) is 12.4 Å². The zero-order valence-corrected chi connectivity index (χ0v) is 11.5. The van der Waals surface area contributed by atoms with Crippen LogP contribution in [-0.2, 0) is 0 Å². The van der Waals surface area contributed by atoms with Gasteiger partial charge >= 0.3 is 0 Å². The first kappa shape index (κ1) is 14.5. The van der Waals surface area contributed by atoms with Crippen molar-refractivity contribution < 1.29 is 14.3 Å². The number of hydrogen-bond acceptors (Lipinski definition) is 2. The van der Waals surface area contributed by atoms with Crippen molar-refractivity contribution in [1.82, 2.24) is 4.90 Å². The number of nitrogens with zero attached hydrogens (tertiary/aromatic N) is 1. The van der Waals surface area contributed by atoms with Crippen molar-refractivity contribution in [3.8, 4) is 11.8 Å². The third-order valence-electron chi connectivity index (χ3n) is 3.35. The molecule has 1 amide bonds. The second-order valence-electron chi connectivity index (χ2n) is 4.94. The first-order valence-electron chi connectivity index (χ1n) is 6.84. The molecule has 4 heteroatoms. The van der Waals surface area contributed by atoms with Gasteiger partial charge in [0.25, 0.3) is 5.91 Å². The Kier molecular flexibility index (Phi) is 4.75. The van der Waals surface area contributed by atoms with Crippen LogP contribution in [0.3, 0.4) is 0 Å². The van der Waals surface area contributed by atoms with E-state index in [1.165, 1.54) is 18.2 Å². The second kappa shape index (κ2) is 6.53. The van der Waals surface area contributed by atoms with Gasteiger partial charge in [0.15, 0.2) is 0 Å². The molecule has 20 heavy (non-hydrogen) atoms. The first-order chi connectivity index (χ1) is 9.65. The van der Waals surface area contributed by atoms with Crippen molar-refractivity contribution >= 4 is 5.91 Å². The summed E-state index contributed by atoms with van der Waals surface area (Å²) >= 11 is 0. The fraction of sp³-hybridized carbons (Fsp3) is 0.438. The topological polar surface area (TPSA) is 40.5 Å². The third kappa shape index (κ3) is 3.58. The van der Waals surface area contributed by atoms with E-state index in [4.69, 9.17) is 5.11 Å². The molecule has 1 aliphatic carbocycles. The maximum Gasteiger partial charge on any atom is 0.256 e. The van der Waals surface area contributed by atoms with Crippen LogP contribution in [0.5, 0.6) is 0 Å². The van der Waals surface area contributed by atoms with Gasteiger partial charge in [0.2, 0.25) is 0 Å². The Labute approximate surface area is 118 Å². The monoisotopic (exact) mass is 275 g/mol. The first-order valence-corrected chi connectivity index (χ1v) is 6.84. The molecule has 1 saturated carbocycles. The van der Waals surface area contributed by atoms with Crippen LogP contribution in [-0.4, -0.2) is 35.6 Å². The standard InChI is InChI=1S/C16H18FNO2/c1-2-18(11-13-5-6-13)16(20)14-10-12(4-3-9-19)7-8-15(14)17/h7-8,10,13,19H,2,5-6,9,11H2,1H3. The highest BCUT2D eigenvalue weighted by Gasteiger charge is 2.27. The maximum absolute atomic E-state index is 13.8. The summed E-state index contributed by atoms with van der Waals surface area (Å²) in [6, 6.07) is 4.21. The van der Waals surface area contributed by atoms with Gasteiger partial charge in [-0.1, -0.05) is 11.8 Å². The molecule has 0 aliphatic heterocycles. The molecule has 1 aromatic carbocycles. The predicted molar refractivity (Wildman–Crippen MR) is 74.7 cm³/mol. The molecule has 0 atom stereocenters. The molecule has 2 rings (SSSR count).